The molecule has 0 saturated carbocycles. The molecule has 3 aromatic carbocycles. The number of phenols is 1. The Morgan fingerprint density at radius 3 is 2.21 bits per heavy atom. The molecule has 0 radical (unpaired) electrons. The molecule has 5 heteroatoms. The number of nitrogens with zero attached hydrogens (tertiary/aromatic N) is 2. The smallest absolute Gasteiger partial charge is 0.270 e. The van der Waals surface area contributed by atoms with Gasteiger partial charge < -0.3 is 5.11 Å². The maximum Gasteiger partial charge on any atom is 0.270 e. The summed E-state index contributed by atoms with van der Waals surface area (Å²) in [5.74, 6) is 0.138. The molecule has 0 unspecified atom stereocenters. The minimum atomic E-state index is -0.422. The molecule has 0 aliphatic carbocycles. The van der Waals surface area contributed by atoms with Crippen LogP contribution in [-0.4, -0.2) is 15.0 Å². The molecule has 0 amide bonds. The molecule has 1 aromatic heterocycles. The predicted molar refractivity (Wildman–Crippen MR) is 109 cm³/mol. The van der Waals surface area contributed by atoms with Crippen molar-refractivity contribution >= 4 is 5.69 Å². The van der Waals surface area contributed by atoms with Gasteiger partial charge in [-0.05, 0) is 23.3 Å². The van der Waals surface area contributed by atoms with Crippen LogP contribution in [0.3, 0.4) is 0 Å². The highest BCUT2D eigenvalue weighted by Crippen LogP contribution is 2.39. The number of aromatic hydroxyl groups is 1. The normalized spacial score (nSPS) is 10.6. The summed E-state index contributed by atoms with van der Waals surface area (Å²) in [6, 6.07) is 25.1. The van der Waals surface area contributed by atoms with Crippen LogP contribution in [0.5, 0.6) is 5.75 Å². The molecule has 136 valence electrons. The maximum absolute atomic E-state index is 11.2. The van der Waals surface area contributed by atoms with E-state index in [0.717, 1.165) is 16.8 Å². The zero-order valence-electron chi connectivity index (χ0n) is 14.8. The molecule has 0 spiro atoms. The fourth-order valence-corrected chi connectivity index (χ4v) is 3.16. The van der Waals surface area contributed by atoms with Gasteiger partial charge in [0.05, 0.1) is 10.6 Å². The van der Waals surface area contributed by atoms with Crippen molar-refractivity contribution in [3.8, 4) is 39.3 Å². The van der Waals surface area contributed by atoms with Crippen LogP contribution in [0.15, 0.2) is 91.1 Å². The number of nitro benzene ring substituents is 1. The number of phenolic OH excluding ortho intramolecular Hbond substituents is 1. The summed E-state index contributed by atoms with van der Waals surface area (Å²) in [5, 5.41) is 21.6. The number of rotatable bonds is 4. The molecular weight excluding hydrogens is 352 g/mol. The van der Waals surface area contributed by atoms with Gasteiger partial charge in [-0.25, -0.2) is 0 Å². The largest absolute Gasteiger partial charge is 0.507 e. The van der Waals surface area contributed by atoms with Crippen molar-refractivity contribution in [1.82, 2.24) is 4.98 Å². The molecule has 0 bridgehead atoms. The summed E-state index contributed by atoms with van der Waals surface area (Å²) in [7, 11) is 0. The number of pyridine rings is 1. The fraction of sp³-hybridized carbons (Fsp3) is 0. The minimum absolute atomic E-state index is 0.00729. The molecular formula is C23H16N2O3. The lowest BCUT2D eigenvalue weighted by atomic mass is 9.94. The maximum atomic E-state index is 11.2. The van der Waals surface area contributed by atoms with E-state index in [2.05, 4.69) is 4.98 Å². The molecule has 0 fully saturated rings. The van der Waals surface area contributed by atoms with Crippen LogP contribution in [0.4, 0.5) is 5.69 Å². The average Bonchev–Trinajstić information content (AvgIpc) is 2.74. The van der Waals surface area contributed by atoms with Gasteiger partial charge >= 0.3 is 0 Å². The van der Waals surface area contributed by atoms with Crippen LogP contribution in [0.2, 0.25) is 0 Å². The molecule has 0 saturated heterocycles. The van der Waals surface area contributed by atoms with E-state index >= 15 is 0 Å². The average molecular weight is 368 g/mol. The first-order valence-corrected chi connectivity index (χ1v) is 8.72. The Morgan fingerprint density at radius 1 is 0.750 bits per heavy atom. The highest BCUT2D eigenvalue weighted by Gasteiger charge is 2.15. The van der Waals surface area contributed by atoms with E-state index in [1.54, 1.807) is 30.5 Å². The molecule has 0 aliphatic heterocycles. The van der Waals surface area contributed by atoms with Gasteiger partial charge in [0.25, 0.3) is 5.69 Å². The van der Waals surface area contributed by atoms with Crippen molar-refractivity contribution in [2.75, 3.05) is 0 Å². The number of hydrogen-bond acceptors (Lipinski definition) is 4. The van der Waals surface area contributed by atoms with Crippen molar-refractivity contribution in [2.45, 2.75) is 0 Å². The highest BCUT2D eigenvalue weighted by atomic mass is 16.6. The first-order valence-electron chi connectivity index (χ1n) is 8.72. The summed E-state index contributed by atoms with van der Waals surface area (Å²) in [6.45, 7) is 0. The Morgan fingerprint density at radius 2 is 1.46 bits per heavy atom. The van der Waals surface area contributed by atoms with Gasteiger partial charge in [-0.2, -0.15) is 0 Å². The van der Waals surface area contributed by atoms with E-state index in [0.29, 0.717) is 16.7 Å². The van der Waals surface area contributed by atoms with Crippen molar-refractivity contribution in [1.29, 1.82) is 0 Å². The Kier molecular flexibility index (Phi) is 4.56. The van der Waals surface area contributed by atoms with Gasteiger partial charge in [0.1, 0.15) is 5.75 Å². The molecule has 28 heavy (non-hydrogen) atoms. The van der Waals surface area contributed by atoms with Crippen LogP contribution < -0.4 is 0 Å². The van der Waals surface area contributed by atoms with Crippen LogP contribution >= 0.6 is 0 Å². The van der Waals surface area contributed by atoms with Gasteiger partial charge in [-0.3, -0.25) is 15.1 Å². The Bertz CT molecular complexity index is 1160. The summed E-state index contributed by atoms with van der Waals surface area (Å²) in [6.07, 6.45) is 1.70. The monoisotopic (exact) mass is 368 g/mol. The van der Waals surface area contributed by atoms with Crippen molar-refractivity contribution in [2.24, 2.45) is 0 Å². The second kappa shape index (κ2) is 7.32. The molecule has 4 rings (SSSR count). The lowest BCUT2D eigenvalue weighted by Crippen LogP contribution is -1.93. The van der Waals surface area contributed by atoms with E-state index in [9.17, 15) is 15.2 Å². The van der Waals surface area contributed by atoms with Gasteiger partial charge in [-0.1, -0.05) is 60.7 Å². The van der Waals surface area contributed by atoms with Gasteiger partial charge in [0.2, 0.25) is 0 Å². The quantitative estimate of drug-likeness (QED) is 0.370. The van der Waals surface area contributed by atoms with Crippen LogP contribution in [-0.2, 0) is 0 Å². The molecule has 0 aliphatic rings. The third-order valence-electron chi connectivity index (χ3n) is 4.54. The molecule has 1 heterocycles. The van der Waals surface area contributed by atoms with E-state index < -0.39 is 4.92 Å². The third-order valence-corrected chi connectivity index (χ3v) is 4.54. The number of nitro groups is 1. The summed E-state index contributed by atoms with van der Waals surface area (Å²) in [4.78, 5) is 15.3. The van der Waals surface area contributed by atoms with E-state index in [4.69, 9.17) is 0 Å². The van der Waals surface area contributed by atoms with Crippen LogP contribution in [0.1, 0.15) is 0 Å². The SMILES string of the molecule is O=[N+]([O-])c1cccc(-c2cnc(-c3ccccc3)cc2-c2ccccc2O)c1. The number of hydrogen-bond donors (Lipinski definition) is 1. The first kappa shape index (κ1) is 17.4. The standard InChI is InChI=1S/C23H16N2O3/c26-23-12-5-4-11-19(23)20-14-22(16-7-2-1-3-8-16)24-15-21(20)17-9-6-10-18(13-17)25(27)28/h1-15,26H. The topological polar surface area (TPSA) is 76.3 Å². The summed E-state index contributed by atoms with van der Waals surface area (Å²) < 4.78 is 0. The van der Waals surface area contributed by atoms with Gasteiger partial charge in [0.15, 0.2) is 0 Å². The van der Waals surface area contributed by atoms with Crippen molar-refractivity contribution in [3.63, 3.8) is 0 Å². The molecule has 0 atom stereocenters. The lowest BCUT2D eigenvalue weighted by molar-refractivity contribution is -0.384. The minimum Gasteiger partial charge on any atom is -0.507 e. The molecule has 1 N–H and O–H groups in total. The van der Waals surface area contributed by atoms with E-state index in [1.165, 1.54) is 12.1 Å². The zero-order valence-corrected chi connectivity index (χ0v) is 14.8. The zero-order chi connectivity index (χ0) is 19.5. The molecule has 4 aromatic rings. The van der Waals surface area contributed by atoms with Gasteiger partial charge in [0, 0.05) is 35.0 Å². The number of para-hydroxylation sites is 1. The third kappa shape index (κ3) is 3.33. The fourth-order valence-electron chi connectivity index (χ4n) is 3.16. The number of benzene rings is 3. The second-order valence-electron chi connectivity index (χ2n) is 6.31. The van der Waals surface area contributed by atoms with Crippen LogP contribution in [0, 0.1) is 10.1 Å². The predicted octanol–water partition coefficient (Wildman–Crippen LogP) is 5.70. The summed E-state index contributed by atoms with van der Waals surface area (Å²) in [5.41, 5.74) is 4.49. The summed E-state index contributed by atoms with van der Waals surface area (Å²) >= 11 is 0. The molecule has 5 nitrogen and oxygen atoms in total. The second-order valence-corrected chi connectivity index (χ2v) is 6.31. The Labute approximate surface area is 161 Å². The van der Waals surface area contributed by atoms with Crippen molar-refractivity contribution in [3.05, 3.63) is 101 Å². The number of non-ortho nitro benzene ring substituents is 1. The highest BCUT2D eigenvalue weighted by molar-refractivity contribution is 5.88. The van der Waals surface area contributed by atoms with Crippen LogP contribution in [0.25, 0.3) is 33.5 Å². The van der Waals surface area contributed by atoms with E-state index in [1.807, 2.05) is 48.5 Å². The Balaban J connectivity index is 1.95. The van der Waals surface area contributed by atoms with Gasteiger partial charge in [-0.15, -0.1) is 0 Å². The van der Waals surface area contributed by atoms with Crippen molar-refractivity contribution < 1.29 is 10.0 Å². The number of aromatic nitrogens is 1. The lowest BCUT2D eigenvalue weighted by Gasteiger charge is -2.13. The first-order chi connectivity index (χ1) is 13.6. The van der Waals surface area contributed by atoms with E-state index in [-0.39, 0.29) is 11.4 Å². The Hall–Kier alpha value is -3.99.